The van der Waals surface area contributed by atoms with Crippen molar-refractivity contribution in [1.82, 2.24) is 9.97 Å². The molecule has 0 amide bonds. The number of rotatable bonds is 5. The molecule has 1 aromatic heterocycles. The lowest BCUT2D eigenvalue weighted by atomic mass is 9.81. The summed E-state index contributed by atoms with van der Waals surface area (Å²) in [6, 6.07) is 60.6. The van der Waals surface area contributed by atoms with Crippen LogP contribution in [0.1, 0.15) is 25.0 Å². The highest BCUT2D eigenvalue weighted by Gasteiger charge is 2.36. The molecule has 0 fully saturated rings. The Labute approximate surface area is 287 Å². The molecule has 9 rings (SSSR count). The van der Waals surface area contributed by atoms with Gasteiger partial charge in [-0.1, -0.05) is 172 Å². The van der Waals surface area contributed by atoms with Gasteiger partial charge >= 0.3 is 0 Å². The van der Waals surface area contributed by atoms with Crippen molar-refractivity contribution in [2.75, 3.05) is 0 Å². The number of aromatic nitrogens is 2. The third-order valence-electron chi connectivity index (χ3n) is 10.1. The van der Waals surface area contributed by atoms with E-state index in [1.54, 1.807) is 0 Å². The maximum atomic E-state index is 5.18. The molecule has 0 atom stereocenters. The van der Waals surface area contributed by atoms with Gasteiger partial charge in [0.15, 0.2) is 5.82 Å². The van der Waals surface area contributed by atoms with Gasteiger partial charge in [-0.15, -0.1) is 0 Å². The largest absolute Gasteiger partial charge is 0.228 e. The summed E-state index contributed by atoms with van der Waals surface area (Å²) in [5.74, 6) is 0.718. The highest BCUT2D eigenvalue weighted by molar-refractivity contribution is 6.07. The van der Waals surface area contributed by atoms with E-state index in [0.29, 0.717) is 0 Å². The van der Waals surface area contributed by atoms with Gasteiger partial charge in [-0.2, -0.15) is 0 Å². The molecule has 2 heteroatoms. The molecule has 0 bridgehead atoms. The fraction of sp³-hybridized carbons (Fsp3) is 0.0638. The minimum atomic E-state index is -0.0574. The first-order valence-corrected chi connectivity index (χ1v) is 16.9. The average Bonchev–Trinajstić information content (AvgIpc) is 3.41. The Morgan fingerprint density at radius 2 is 0.837 bits per heavy atom. The van der Waals surface area contributed by atoms with Crippen molar-refractivity contribution in [3.63, 3.8) is 0 Å². The summed E-state index contributed by atoms with van der Waals surface area (Å²) in [4.78, 5) is 10.4. The van der Waals surface area contributed by atoms with Crippen LogP contribution in [-0.4, -0.2) is 9.97 Å². The molecule has 0 radical (unpaired) electrons. The van der Waals surface area contributed by atoms with E-state index in [0.717, 1.165) is 39.3 Å². The number of nitrogens with zero attached hydrogens (tertiary/aromatic N) is 2. The normalized spacial score (nSPS) is 12.9. The van der Waals surface area contributed by atoms with Gasteiger partial charge in [0.25, 0.3) is 0 Å². The molecular formula is C47H34N2. The summed E-state index contributed by atoms with van der Waals surface area (Å²) in [5.41, 5.74) is 15.3. The minimum absolute atomic E-state index is 0.0574. The number of fused-ring (bicyclic) bond motifs is 4. The van der Waals surface area contributed by atoms with Crippen LogP contribution in [0.25, 0.3) is 78.1 Å². The maximum Gasteiger partial charge on any atom is 0.161 e. The summed E-state index contributed by atoms with van der Waals surface area (Å²) in [5, 5.41) is 2.31. The van der Waals surface area contributed by atoms with E-state index in [1.165, 1.54) is 49.9 Å². The molecule has 7 aromatic carbocycles. The molecule has 1 aliphatic carbocycles. The lowest BCUT2D eigenvalue weighted by molar-refractivity contribution is 0.660. The van der Waals surface area contributed by atoms with E-state index in [1.807, 2.05) is 12.1 Å². The Balaban J connectivity index is 1.25. The molecule has 0 N–H and O–H groups in total. The standard InChI is InChI=1S/C47H34N2/c1-47(2)41-26-14-13-24-40(41)45-38(25-15-27-42(45)47)35-22-11-9-20-33(35)37-28-29-39(36-23-12-10-21-34(36)37)46-48-43(31-16-5-3-6-17-31)30-44(49-46)32-18-7-4-8-19-32/h3-30H,1-2H3. The molecule has 232 valence electrons. The van der Waals surface area contributed by atoms with Gasteiger partial charge < -0.3 is 0 Å². The number of benzene rings is 7. The lowest BCUT2D eigenvalue weighted by Crippen LogP contribution is -2.14. The van der Waals surface area contributed by atoms with E-state index in [2.05, 4.69) is 172 Å². The fourth-order valence-electron chi connectivity index (χ4n) is 7.74. The second-order valence-electron chi connectivity index (χ2n) is 13.3. The Morgan fingerprint density at radius 3 is 1.49 bits per heavy atom. The summed E-state index contributed by atoms with van der Waals surface area (Å²) >= 11 is 0. The van der Waals surface area contributed by atoms with Crippen molar-refractivity contribution < 1.29 is 0 Å². The van der Waals surface area contributed by atoms with Crippen molar-refractivity contribution in [3.05, 3.63) is 181 Å². The first-order valence-electron chi connectivity index (χ1n) is 16.9. The van der Waals surface area contributed by atoms with Gasteiger partial charge in [0.2, 0.25) is 0 Å². The summed E-state index contributed by atoms with van der Waals surface area (Å²) in [7, 11) is 0. The zero-order valence-corrected chi connectivity index (χ0v) is 27.6. The van der Waals surface area contributed by atoms with Gasteiger partial charge in [0.05, 0.1) is 11.4 Å². The monoisotopic (exact) mass is 626 g/mol. The van der Waals surface area contributed by atoms with Crippen LogP contribution < -0.4 is 0 Å². The molecule has 1 aliphatic rings. The quantitative estimate of drug-likeness (QED) is 0.190. The topological polar surface area (TPSA) is 25.8 Å². The highest BCUT2D eigenvalue weighted by Crippen LogP contribution is 2.53. The van der Waals surface area contributed by atoms with Crippen molar-refractivity contribution in [1.29, 1.82) is 0 Å². The second-order valence-corrected chi connectivity index (χ2v) is 13.3. The Bertz CT molecular complexity index is 2450. The lowest BCUT2D eigenvalue weighted by Gasteiger charge is -2.22. The molecule has 0 saturated carbocycles. The van der Waals surface area contributed by atoms with E-state index >= 15 is 0 Å². The maximum absolute atomic E-state index is 5.18. The fourth-order valence-corrected chi connectivity index (χ4v) is 7.74. The predicted octanol–water partition coefficient (Wildman–Crippen LogP) is 12.3. The molecular weight excluding hydrogens is 593 g/mol. The van der Waals surface area contributed by atoms with Gasteiger partial charge in [-0.25, -0.2) is 9.97 Å². The minimum Gasteiger partial charge on any atom is -0.228 e. The molecule has 0 unspecified atom stereocenters. The number of hydrogen-bond acceptors (Lipinski definition) is 2. The number of hydrogen-bond donors (Lipinski definition) is 0. The van der Waals surface area contributed by atoms with Crippen LogP contribution in [0.5, 0.6) is 0 Å². The molecule has 0 saturated heterocycles. The third kappa shape index (κ3) is 4.79. The smallest absolute Gasteiger partial charge is 0.161 e. The molecule has 0 aliphatic heterocycles. The van der Waals surface area contributed by atoms with Crippen molar-refractivity contribution >= 4 is 10.8 Å². The van der Waals surface area contributed by atoms with E-state index in [9.17, 15) is 0 Å². The van der Waals surface area contributed by atoms with Crippen LogP contribution in [0.3, 0.4) is 0 Å². The first kappa shape index (κ1) is 29.1. The average molecular weight is 627 g/mol. The van der Waals surface area contributed by atoms with Crippen molar-refractivity contribution in [2.24, 2.45) is 0 Å². The third-order valence-corrected chi connectivity index (χ3v) is 10.1. The summed E-state index contributed by atoms with van der Waals surface area (Å²) < 4.78 is 0. The summed E-state index contributed by atoms with van der Waals surface area (Å²) in [6.45, 7) is 4.69. The Hall–Kier alpha value is -6.12. The van der Waals surface area contributed by atoms with Gasteiger partial charge in [0.1, 0.15) is 0 Å². The van der Waals surface area contributed by atoms with Crippen LogP contribution in [0.15, 0.2) is 170 Å². The molecule has 2 nitrogen and oxygen atoms in total. The molecule has 0 spiro atoms. The summed E-state index contributed by atoms with van der Waals surface area (Å²) in [6.07, 6.45) is 0. The second kappa shape index (κ2) is 11.5. The van der Waals surface area contributed by atoms with E-state index < -0.39 is 0 Å². The van der Waals surface area contributed by atoms with Crippen LogP contribution in [0, 0.1) is 0 Å². The van der Waals surface area contributed by atoms with Crippen molar-refractivity contribution in [2.45, 2.75) is 19.3 Å². The van der Waals surface area contributed by atoms with E-state index in [-0.39, 0.29) is 5.41 Å². The highest BCUT2D eigenvalue weighted by atomic mass is 14.9. The van der Waals surface area contributed by atoms with Crippen LogP contribution in [0.2, 0.25) is 0 Å². The van der Waals surface area contributed by atoms with Gasteiger partial charge in [-0.05, 0) is 67.4 Å². The molecule has 49 heavy (non-hydrogen) atoms. The van der Waals surface area contributed by atoms with Gasteiger partial charge in [0, 0.05) is 22.1 Å². The Morgan fingerprint density at radius 1 is 0.367 bits per heavy atom. The zero-order valence-electron chi connectivity index (χ0n) is 27.6. The van der Waals surface area contributed by atoms with Crippen LogP contribution >= 0.6 is 0 Å². The predicted molar refractivity (Wildman–Crippen MR) is 204 cm³/mol. The van der Waals surface area contributed by atoms with E-state index in [4.69, 9.17) is 9.97 Å². The zero-order chi connectivity index (χ0) is 33.0. The van der Waals surface area contributed by atoms with Crippen molar-refractivity contribution in [3.8, 4) is 67.3 Å². The van der Waals surface area contributed by atoms with Gasteiger partial charge in [-0.3, -0.25) is 0 Å². The Kier molecular flexibility index (Phi) is 6.84. The SMILES string of the molecule is CC1(C)c2ccccc2-c2c(-c3ccccc3-c3ccc(-c4nc(-c5ccccc5)cc(-c5ccccc5)n4)c4ccccc34)cccc21. The first-order chi connectivity index (χ1) is 24.1. The van der Waals surface area contributed by atoms with Crippen LogP contribution in [-0.2, 0) is 5.41 Å². The molecule has 1 heterocycles. The van der Waals surface area contributed by atoms with Crippen LogP contribution in [0.4, 0.5) is 0 Å². The molecule has 8 aromatic rings.